The van der Waals surface area contributed by atoms with Crippen LogP contribution in [0.4, 0.5) is 0 Å². The maximum Gasteiger partial charge on any atom is 0.247 e. The molecule has 144 valence electrons. The van der Waals surface area contributed by atoms with Gasteiger partial charge in [0, 0.05) is 24.6 Å². The minimum atomic E-state index is -0.0918. The zero-order chi connectivity index (χ0) is 19.9. The lowest BCUT2D eigenvalue weighted by molar-refractivity contribution is -0.117. The summed E-state index contributed by atoms with van der Waals surface area (Å²) in [5.41, 5.74) is 2.48. The first-order chi connectivity index (χ1) is 13.5. The summed E-state index contributed by atoms with van der Waals surface area (Å²) in [5, 5.41) is 2.66. The summed E-state index contributed by atoms with van der Waals surface area (Å²) in [6.07, 6.45) is 5.61. The lowest BCUT2D eigenvalue weighted by Crippen LogP contribution is -2.23. The first-order valence-corrected chi connectivity index (χ1v) is 9.54. The number of amides is 1. The summed E-state index contributed by atoms with van der Waals surface area (Å²) in [7, 11) is 1.62. The summed E-state index contributed by atoms with van der Waals surface area (Å²) in [5.74, 6) is 1.43. The van der Waals surface area contributed by atoms with Gasteiger partial charge in [0.2, 0.25) is 5.91 Å². The predicted molar refractivity (Wildman–Crippen MR) is 110 cm³/mol. The third kappa shape index (κ3) is 5.19. The van der Waals surface area contributed by atoms with Crippen LogP contribution in [0.1, 0.15) is 35.7 Å². The highest BCUT2D eigenvalue weighted by atomic mass is 16.5. The van der Waals surface area contributed by atoms with Crippen LogP contribution in [0.2, 0.25) is 0 Å². The largest absolute Gasteiger partial charge is 0.458 e. The summed E-state index contributed by atoms with van der Waals surface area (Å²) in [6, 6.07) is 17.2. The summed E-state index contributed by atoms with van der Waals surface area (Å²) in [4.78, 5) is 24.5. The van der Waals surface area contributed by atoms with Gasteiger partial charge in [-0.2, -0.15) is 0 Å². The molecule has 4 heteroatoms. The van der Waals surface area contributed by atoms with E-state index in [1.165, 1.54) is 0 Å². The number of hydrogen-bond acceptors (Lipinski definition) is 3. The Morgan fingerprint density at radius 2 is 1.89 bits per heavy atom. The number of ketones is 1. The van der Waals surface area contributed by atoms with Gasteiger partial charge in [0.15, 0.2) is 5.78 Å². The van der Waals surface area contributed by atoms with E-state index in [1.54, 1.807) is 19.2 Å². The molecule has 1 unspecified atom stereocenters. The molecule has 0 fully saturated rings. The third-order valence-corrected chi connectivity index (χ3v) is 4.70. The van der Waals surface area contributed by atoms with Crippen LogP contribution in [0, 0.1) is 5.92 Å². The zero-order valence-electron chi connectivity index (χ0n) is 16.3. The zero-order valence-corrected chi connectivity index (χ0v) is 16.3. The van der Waals surface area contributed by atoms with E-state index < -0.39 is 0 Å². The van der Waals surface area contributed by atoms with Crippen molar-refractivity contribution in [2.45, 2.75) is 26.2 Å². The van der Waals surface area contributed by atoms with Gasteiger partial charge in [0.1, 0.15) is 11.5 Å². The molecule has 28 heavy (non-hydrogen) atoms. The van der Waals surface area contributed by atoms with Gasteiger partial charge >= 0.3 is 0 Å². The van der Waals surface area contributed by atoms with Crippen molar-refractivity contribution in [1.29, 1.82) is 0 Å². The molecule has 1 N–H and O–H groups in total. The smallest absolute Gasteiger partial charge is 0.247 e. The number of ether oxygens (including phenoxy) is 1. The highest BCUT2D eigenvalue weighted by molar-refractivity contribution is 5.96. The molecular formula is C24H25NO3. The highest BCUT2D eigenvalue weighted by Gasteiger charge is 2.18. The summed E-state index contributed by atoms with van der Waals surface area (Å²) < 4.78 is 5.96. The van der Waals surface area contributed by atoms with Gasteiger partial charge in [-0.15, -0.1) is 0 Å². The number of aryl methyl sites for hydroxylation is 1. The number of carbonyl (C=O) groups excluding carboxylic acids is 2. The van der Waals surface area contributed by atoms with Gasteiger partial charge in [-0.25, -0.2) is 0 Å². The fraction of sp³-hybridized carbons (Fsp3) is 0.250. The van der Waals surface area contributed by atoms with E-state index in [0.717, 1.165) is 5.56 Å². The molecule has 0 bridgehead atoms. The molecule has 0 radical (unpaired) electrons. The lowest BCUT2D eigenvalue weighted by atomic mass is 9.94. The van der Waals surface area contributed by atoms with Crippen molar-refractivity contribution < 1.29 is 14.3 Å². The van der Waals surface area contributed by atoms with E-state index in [-0.39, 0.29) is 17.6 Å². The van der Waals surface area contributed by atoms with Crippen molar-refractivity contribution in [1.82, 2.24) is 5.32 Å². The van der Waals surface area contributed by atoms with E-state index in [9.17, 15) is 9.59 Å². The fourth-order valence-corrected chi connectivity index (χ4v) is 3.26. The van der Waals surface area contributed by atoms with E-state index in [0.29, 0.717) is 41.9 Å². The van der Waals surface area contributed by atoms with E-state index >= 15 is 0 Å². The first kappa shape index (κ1) is 19.6. The van der Waals surface area contributed by atoms with E-state index in [1.807, 2.05) is 61.5 Å². The second-order valence-corrected chi connectivity index (χ2v) is 7.04. The molecule has 0 saturated heterocycles. The Bertz CT molecular complexity index is 912. The van der Waals surface area contributed by atoms with Crippen molar-refractivity contribution in [3.05, 3.63) is 89.2 Å². The first-order valence-electron chi connectivity index (χ1n) is 9.54. The SMILES string of the molecule is CNC(=O)C1=CC(Oc2cccc(C(=O)CCc3ccccc3)c2)=CC(C)C1. The number of hydrogen-bond donors (Lipinski definition) is 1. The Labute approximate surface area is 165 Å². The van der Waals surface area contributed by atoms with Crippen LogP contribution < -0.4 is 10.1 Å². The topological polar surface area (TPSA) is 55.4 Å². The van der Waals surface area contributed by atoms with Gasteiger partial charge in [0.25, 0.3) is 0 Å². The van der Waals surface area contributed by atoms with Crippen LogP contribution in [0.15, 0.2) is 78.1 Å². The maximum absolute atomic E-state index is 12.6. The van der Waals surface area contributed by atoms with E-state index in [4.69, 9.17) is 4.74 Å². The van der Waals surface area contributed by atoms with Gasteiger partial charge < -0.3 is 10.1 Å². The van der Waals surface area contributed by atoms with Gasteiger partial charge in [0.05, 0.1) is 0 Å². The minimum Gasteiger partial charge on any atom is -0.458 e. The van der Waals surface area contributed by atoms with Crippen LogP contribution >= 0.6 is 0 Å². The second kappa shape index (κ2) is 9.18. The summed E-state index contributed by atoms with van der Waals surface area (Å²) in [6.45, 7) is 2.04. The van der Waals surface area contributed by atoms with Gasteiger partial charge in [-0.05, 0) is 48.6 Å². The van der Waals surface area contributed by atoms with Crippen molar-refractivity contribution in [2.75, 3.05) is 7.05 Å². The maximum atomic E-state index is 12.6. The Morgan fingerprint density at radius 1 is 1.11 bits per heavy atom. The molecule has 1 atom stereocenters. The van der Waals surface area contributed by atoms with Crippen LogP contribution in [-0.2, 0) is 11.2 Å². The van der Waals surface area contributed by atoms with Gasteiger partial charge in [-0.3, -0.25) is 9.59 Å². The van der Waals surface area contributed by atoms with Crippen molar-refractivity contribution in [3.8, 4) is 5.75 Å². The number of allylic oxidation sites excluding steroid dienone is 2. The molecule has 0 aliphatic heterocycles. The Balaban J connectivity index is 1.68. The number of likely N-dealkylation sites (N-methyl/N-ethyl adjacent to an activating group) is 1. The normalized spacial score (nSPS) is 16.0. The molecule has 1 aliphatic carbocycles. The molecule has 0 spiro atoms. The van der Waals surface area contributed by atoms with Gasteiger partial charge in [-0.1, -0.05) is 49.4 Å². The molecule has 0 aromatic heterocycles. The second-order valence-electron chi connectivity index (χ2n) is 7.04. The van der Waals surface area contributed by atoms with Crippen LogP contribution in [0.3, 0.4) is 0 Å². The highest BCUT2D eigenvalue weighted by Crippen LogP contribution is 2.26. The molecule has 3 rings (SSSR count). The summed E-state index contributed by atoms with van der Waals surface area (Å²) >= 11 is 0. The fourth-order valence-electron chi connectivity index (χ4n) is 3.26. The molecule has 2 aromatic rings. The van der Waals surface area contributed by atoms with Crippen LogP contribution in [0.5, 0.6) is 5.75 Å². The number of carbonyl (C=O) groups is 2. The Kier molecular flexibility index (Phi) is 6.43. The van der Waals surface area contributed by atoms with Crippen LogP contribution in [-0.4, -0.2) is 18.7 Å². The predicted octanol–water partition coefficient (Wildman–Crippen LogP) is 4.48. The number of nitrogens with one attached hydrogen (secondary N) is 1. The molecule has 1 amide bonds. The molecule has 0 saturated carbocycles. The third-order valence-electron chi connectivity index (χ3n) is 4.70. The standard InChI is InChI=1S/C24H25NO3/c1-17-13-20(24(27)25-2)16-22(14-17)28-21-10-6-9-19(15-21)23(26)12-11-18-7-4-3-5-8-18/h3-10,14-17H,11-13H2,1-2H3,(H,25,27). The van der Waals surface area contributed by atoms with Crippen molar-refractivity contribution >= 4 is 11.7 Å². The van der Waals surface area contributed by atoms with Crippen LogP contribution in [0.25, 0.3) is 0 Å². The van der Waals surface area contributed by atoms with Crippen molar-refractivity contribution in [3.63, 3.8) is 0 Å². The average molecular weight is 375 g/mol. The molecule has 0 heterocycles. The molecule has 4 nitrogen and oxygen atoms in total. The Hall–Kier alpha value is -3.14. The monoisotopic (exact) mass is 375 g/mol. The number of rotatable bonds is 7. The molecule has 2 aromatic carbocycles. The minimum absolute atomic E-state index is 0.0851. The van der Waals surface area contributed by atoms with E-state index in [2.05, 4.69) is 5.32 Å². The average Bonchev–Trinajstić information content (AvgIpc) is 2.72. The molecular weight excluding hydrogens is 350 g/mol. The number of Topliss-reactive ketones (excluding diaryl/α,β-unsaturated/α-hetero) is 1. The quantitative estimate of drug-likeness (QED) is 0.726. The van der Waals surface area contributed by atoms with Crippen molar-refractivity contribution in [2.24, 2.45) is 5.92 Å². The number of benzene rings is 2. The lowest BCUT2D eigenvalue weighted by Gasteiger charge is -2.18. The molecule has 1 aliphatic rings. The Morgan fingerprint density at radius 3 is 2.64 bits per heavy atom.